The molecular formula is C9H19NO2. The van der Waals surface area contributed by atoms with Crippen LogP contribution in [0.3, 0.4) is 0 Å². The van der Waals surface area contributed by atoms with Crippen molar-refractivity contribution in [1.29, 1.82) is 0 Å². The third-order valence-electron chi connectivity index (χ3n) is 1.89. The van der Waals surface area contributed by atoms with Crippen LogP contribution in [0.4, 0.5) is 0 Å². The maximum atomic E-state index is 5.54. The van der Waals surface area contributed by atoms with E-state index < -0.39 is 0 Å². The van der Waals surface area contributed by atoms with Crippen molar-refractivity contribution >= 4 is 0 Å². The lowest BCUT2D eigenvalue weighted by molar-refractivity contribution is 0.297. The minimum absolute atomic E-state index is 0.147. The second-order valence-corrected chi connectivity index (χ2v) is 4.06. The summed E-state index contributed by atoms with van der Waals surface area (Å²) in [7, 11) is 0. The Morgan fingerprint density at radius 1 is 1.67 bits per heavy atom. The van der Waals surface area contributed by atoms with Crippen LogP contribution < -0.4 is 5.73 Å². The van der Waals surface area contributed by atoms with Crippen LogP contribution >= 0.6 is 0 Å². The summed E-state index contributed by atoms with van der Waals surface area (Å²) in [5.41, 5.74) is 5.69. The van der Waals surface area contributed by atoms with E-state index in [1.807, 2.05) is 6.92 Å². The van der Waals surface area contributed by atoms with Crippen LogP contribution in [0.25, 0.3) is 0 Å². The van der Waals surface area contributed by atoms with Gasteiger partial charge in [0.1, 0.15) is 0 Å². The molecule has 0 saturated carbocycles. The largest absolute Gasteiger partial charge is 0.373 e. The molecule has 2 aliphatic heterocycles. The van der Waals surface area contributed by atoms with Gasteiger partial charge in [-0.05, 0) is 27.2 Å². The van der Waals surface area contributed by atoms with E-state index in [0.717, 1.165) is 19.6 Å². The molecule has 2 aliphatic rings. The lowest BCUT2D eigenvalue weighted by atomic mass is 10.1. The van der Waals surface area contributed by atoms with Crippen molar-refractivity contribution in [2.75, 3.05) is 13.2 Å². The van der Waals surface area contributed by atoms with Gasteiger partial charge in [-0.15, -0.1) is 0 Å². The average Bonchev–Trinajstić information content (AvgIpc) is 2.75. The second kappa shape index (κ2) is 3.73. The van der Waals surface area contributed by atoms with Crippen molar-refractivity contribution in [3.63, 3.8) is 0 Å². The third kappa shape index (κ3) is 4.70. The maximum Gasteiger partial charge on any atom is 0.0903 e. The molecule has 2 fully saturated rings. The maximum absolute atomic E-state index is 5.54. The smallest absolute Gasteiger partial charge is 0.0903 e. The topological polar surface area (TPSA) is 51.1 Å². The van der Waals surface area contributed by atoms with E-state index in [9.17, 15) is 0 Å². The highest BCUT2D eigenvalue weighted by Gasteiger charge is 2.39. The van der Waals surface area contributed by atoms with Crippen LogP contribution in [0.2, 0.25) is 0 Å². The zero-order valence-corrected chi connectivity index (χ0v) is 8.17. The molecule has 3 atom stereocenters. The number of nitrogens with two attached hydrogens (primary N) is 1. The molecule has 2 N–H and O–H groups in total. The monoisotopic (exact) mass is 173 g/mol. The fourth-order valence-electron chi connectivity index (χ4n) is 1.02. The van der Waals surface area contributed by atoms with E-state index in [1.54, 1.807) is 0 Å². The first-order valence-corrected chi connectivity index (χ1v) is 4.53. The summed E-state index contributed by atoms with van der Waals surface area (Å²) >= 11 is 0. The van der Waals surface area contributed by atoms with Gasteiger partial charge in [0.2, 0.25) is 0 Å². The average molecular weight is 173 g/mol. The first-order chi connectivity index (χ1) is 5.52. The van der Waals surface area contributed by atoms with Crippen molar-refractivity contribution in [2.45, 2.75) is 44.9 Å². The van der Waals surface area contributed by atoms with Gasteiger partial charge in [-0.2, -0.15) is 0 Å². The summed E-state index contributed by atoms with van der Waals surface area (Å²) in [6.45, 7) is 8.04. The van der Waals surface area contributed by atoms with Crippen LogP contribution in [-0.4, -0.2) is 31.0 Å². The van der Waals surface area contributed by atoms with E-state index >= 15 is 0 Å². The molecule has 2 rings (SSSR count). The predicted octanol–water partition coefficient (Wildman–Crippen LogP) is 0.918. The van der Waals surface area contributed by atoms with Gasteiger partial charge in [0.15, 0.2) is 0 Å². The van der Waals surface area contributed by atoms with E-state index in [0.29, 0.717) is 6.10 Å². The molecule has 72 valence electrons. The number of epoxide rings is 2. The van der Waals surface area contributed by atoms with Gasteiger partial charge in [0, 0.05) is 6.04 Å². The molecule has 3 unspecified atom stereocenters. The van der Waals surface area contributed by atoms with E-state index in [4.69, 9.17) is 15.2 Å². The van der Waals surface area contributed by atoms with Gasteiger partial charge in [-0.3, -0.25) is 0 Å². The normalized spacial score (nSPS) is 39.5. The van der Waals surface area contributed by atoms with Crippen LogP contribution in [0, 0.1) is 0 Å². The predicted molar refractivity (Wildman–Crippen MR) is 48.0 cm³/mol. The highest BCUT2D eigenvalue weighted by atomic mass is 16.6. The SMILES string of the molecule is CC(N)CC1(C)CO1.CC1CO1. The van der Waals surface area contributed by atoms with Gasteiger partial charge in [-0.1, -0.05) is 0 Å². The molecule has 0 aromatic rings. The standard InChI is InChI=1S/C6H13NO.C3H6O/c1-5(7)3-6(2)4-8-6;1-3-2-4-3/h5H,3-4,7H2,1-2H3;3H,2H2,1H3. The summed E-state index contributed by atoms with van der Waals surface area (Å²) in [6, 6.07) is 0.280. The van der Waals surface area contributed by atoms with Crippen LogP contribution in [0.15, 0.2) is 0 Å². The molecule has 0 radical (unpaired) electrons. The molecule has 0 amide bonds. The minimum atomic E-state index is 0.147. The molecular weight excluding hydrogens is 154 g/mol. The summed E-state index contributed by atoms with van der Waals surface area (Å²) < 4.78 is 9.84. The molecule has 0 spiro atoms. The van der Waals surface area contributed by atoms with Crippen molar-refractivity contribution in [3.8, 4) is 0 Å². The summed E-state index contributed by atoms with van der Waals surface area (Å²) in [5.74, 6) is 0. The number of hydrogen-bond acceptors (Lipinski definition) is 3. The van der Waals surface area contributed by atoms with Crippen LogP contribution in [0.1, 0.15) is 27.2 Å². The van der Waals surface area contributed by atoms with Gasteiger partial charge in [-0.25, -0.2) is 0 Å². The Morgan fingerprint density at radius 3 is 2.17 bits per heavy atom. The molecule has 0 aromatic heterocycles. The fourth-order valence-corrected chi connectivity index (χ4v) is 1.02. The highest BCUT2D eigenvalue weighted by Crippen LogP contribution is 2.30. The van der Waals surface area contributed by atoms with E-state index in [-0.39, 0.29) is 11.6 Å². The zero-order chi connectivity index (χ0) is 9.19. The Balaban J connectivity index is 0.000000150. The molecule has 2 saturated heterocycles. The first kappa shape index (κ1) is 9.96. The first-order valence-electron chi connectivity index (χ1n) is 4.53. The Hall–Kier alpha value is -0.120. The quantitative estimate of drug-likeness (QED) is 0.632. The molecule has 0 aromatic carbocycles. The van der Waals surface area contributed by atoms with Crippen LogP contribution in [0.5, 0.6) is 0 Å². The summed E-state index contributed by atoms with van der Waals surface area (Å²) in [4.78, 5) is 0. The number of ether oxygens (including phenoxy) is 2. The molecule has 2 heterocycles. The molecule has 3 nitrogen and oxygen atoms in total. The molecule has 12 heavy (non-hydrogen) atoms. The molecule has 0 bridgehead atoms. The Kier molecular flexibility index (Phi) is 3.09. The summed E-state index contributed by atoms with van der Waals surface area (Å²) in [5, 5.41) is 0. The Bertz CT molecular complexity index is 139. The Labute approximate surface area is 74.2 Å². The lowest BCUT2D eigenvalue weighted by Gasteiger charge is -2.06. The second-order valence-electron chi connectivity index (χ2n) is 4.06. The molecule has 0 aliphatic carbocycles. The van der Waals surface area contributed by atoms with Crippen molar-refractivity contribution in [2.24, 2.45) is 5.73 Å². The fraction of sp³-hybridized carbons (Fsp3) is 1.00. The zero-order valence-electron chi connectivity index (χ0n) is 8.17. The lowest BCUT2D eigenvalue weighted by Crippen LogP contribution is -2.22. The van der Waals surface area contributed by atoms with Crippen molar-refractivity contribution in [1.82, 2.24) is 0 Å². The number of rotatable bonds is 2. The van der Waals surface area contributed by atoms with Gasteiger partial charge in [0.05, 0.1) is 24.9 Å². The number of hydrogen-bond donors (Lipinski definition) is 1. The van der Waals surface area contributed by atoms with Gasteiger partial charge in [0.25, 0.3) is 0 Å². The van der Waals surface area contributed by atoms with E-state index in [1.165, 1.54) is 0 Å². The third-order valence-corrected chi connectivity index (χ3v) is 1.89. The highest BCUT2D eigenvalue weighted by molar-refractivity contribution is 4.88. The van der Waals surface area contributed by atoms with Gasteiger partial charge < -0.3 is 15.2 Å². The van der Waals surface area contributed by atoms with Gasteiger partial charge >= 0.3 is 0 Å². The summed E-state index contributed by atoms with van der Waals surface area (Å²) in [6.07, 6.45) is 1.58. The van der Waals surface area contributed by atoms with Crippen molar-refractivity contribution < 1.29 is 9.47 Å². The minimum Gasteiger partial charge on any atom is -0.373 e. The molecule has 3 heteroatoms. The Morgan fingerprint density at radius 2 is 2.08 bits per heavy atom. The van der Waals surface area contributed by atoms with E-state index in [2.05, 4.69) is 13.8 Å². The van der Waals surface area contributed by atoms with Crippen molar-refractivity contribution in [3.05, 3.63) is 0 Å². The van der Waals surface area contributed by atoms with Crippen LogP contribution in [-0.2, 0) is 9.47 Å².